The lowest BCUT2D eigenvalue weighted by molar-refractivity contribution is 0.314. The summed E-state index contributed by atoms with van der Waals surface area (Å²) in [7, 11) is 4.15. The fourth-order valence-electron chi connectivity index (χ4n) is 1.58. The van der Waals surface area contributed by atoms with Crippen molar-refractivity contribution < 1.29 is 4.74 Å². The maximum Gasteiger partial charge on any atom is 0.110 e. The summed E-state index contributed by atoms with van der Waals surface area (Å²) in [4.78, 5) is 2.16. The fraction of sp³-hybridized carbons (Fsp3) is 0.455. The highest BCUT2D eigenvalue weighted by Gasteiger charge is 2.39. The molecule has 1 aromatic carbocycles. The average Bonchev–Trinajstić information content (AvgIpc) is 2.84. The lowest BCUT2D eigenvalue weighted by Gasteiger charge is -2.05. The predicted molar refractivity (Wildman–Crippen MR) is 52.6 cm³/mol. The number of ether oxygens (including phenoxy) is 1. The molecule has 2 atom stereocenters. The smallest absolute Gasteiger partial charge is 0.110 e. The molecule has 1 fully saturated rings. The van der Waals surface area contributed by atoms with Crippen molar-refractivity contribution in [3.05, 3.63) is 35.9 Å². The van der Waals surface area contributed by atoms with Gasteiger partial charge in [0.2, 0.25) is 0 Å². The molecular formula is C11H15NO. The summed E-state index contributed by atoms with van der Waals surface area (Å²) >= 11 is 0. The molecule has 2 rings (SSSR count). The lowest BCUT2D eigenvalue weighted by Crippen LogP contribution is -2.18. The summed E-state index contributed by atoms with van der Waals surface area (Å²) in [5.41, 5.74) is 1.30. The Hall–Kier alpha value is -0.860. The number of likely N-dealkylation sites (N-methyl/N-ethyl adjacent to an activating group) is 1. The van der Waals surface area contributed by atoms with Crippen LogP contribution in [0.1, 0.15) is 11.7 Å². The van der Waals surface area contributed by atoms with Gasteiger partial charge in [-0.05, 0) is 19.7 Å². The molecule has 2 heteroatoms. The number of hydrogen-bond acceptors (Lipinski definition) is 2. The zero-order valence-electron chi connectivity index (χ0n) is 8.10. The second-order valence-electron chi connectivity index (χ2n) is 3.77. The monoisotopic (exact) mass is 177 g/mol. The molecule has 2 unspecified atom stereocenters. The van der Waals surface area contributed by atoms with Gasteiger partial charge in [-0.25, -0.2) is 0 Å². The van der Waals surface area contributed by atoms with E-state index in [4.69, 9.17) is 4.74 Å². The molecule has 1 aliphatic heterocycles. The van der Waals surface area contributed by atoms with E-state index < -0.39 is 0 Å². The molecule has 1 aromatic rings. The van der Waals surface area contributed by atoms with Crippen LogP contribution in [-0.4, -0.2) is 31.6 Å². The van der Waals surface area contributed by atoms with Crippen LogP contribution >= 0.6 is 0 Å². The van der Waals surface area contributed by atoms with Gasteiger partial charge in [-0.15, -0.1) is 0 Å². The van der Waals surface area contributed by atoms with Crippen molar-refractivity contribution in [2.45, 2.75) is 12.2 Å². The molecule has 1 aliphatic rings. The highest BCUT2D eigenvalue weighted by Crippen LogP contribution is 2.38. The van der Waals surface area contributed by atoms with Gasteiger partial charge in [0.25, 0.3) is 0 Å². The zero-order valence-corrected chi connectivity index (χ0v) is 8.10. The zero-order chi connectivity index (χ0) is 9.26. The molecule has 1 heterocycles. The normalized spacial score (nSPS) is 26.4. The molecule has 0 saturated carbocycles. The third-order valence-corrected chi connectivity index (χ3v) is 2.26. The Balaban J connectivity index is 1.93. The maximum absolute atomic E-state index is 5.57. The number of epoxide rings is 1. The second kappa shape index (κ2) is 3.48. The average molecular weight is 177 g/mol. The summed E-state index contributed by atoms with van der Waals surface area (Å²) in [5, 5.41) is 0. The van der Waals surface area contributed by atoms with E-state index in [1.165, 1.54) is 5.56 Å². The van der Waals surface area contributed by atoms with E-state index in [1.54, 1.807) is 0 Å². The van der Waals surface area contributed by atoms with Gasteiger partial charge >= 0.3 is 0 Å². The molecule has 0 N–H and O–H groups in total. The van der Waals surface area contributed by atoms with Crippen molar-refractivity contribution >= 4 is 0 Å². The number of nitrogens with zero attached hydrogens (tertiary/aromatic N) is 1. The van der Waals surface area contributed by atoms with Gasteiger partial charge in [-0.1, -0.05) is 30.3 Å². The van der Waals surface area contributed by atoms with E-state index in [0.29, 0.717) is 12.2 Å². The van der Waals surface area contributed by atoms with Crippen molar-refractivity contribution in [1.82, 2.24) is 4.90 Å². The van der Waals surface area contributed by atoms with Crippen LogP contribution in [0.3, 0.4) is 0 Å². The van der Waals surface area contributed by atoms with E-state index in [9.17, 15) is 0 Å². The van der Waals surface area contributed by atoms with Crippen LogP contribution in [0.5, 0.6) is 0 Å². The lowest BCUT2D eigenvalue weighted by atomic mass is 10.1. The predicted octanol–water partition coefficient (Wildman–Crippen LogP) is 1.69. The Morgan fingerprint density at radius 2 is 1.92 bits per heavy atom. The van der Waals surface area contributed by atoms with Gasteiger partial charge in [-0.3, -0.25) is 0 Å². The maximum atomic E-state index is 5.57. The molecular weight excluding hydrogens is 162 g/mol. The summed E-state index contributed by atoms with van der Waals surface area (Å²) in [6, 6.07) is 10.4. The van der Waals surface area contributed by atoms with Crippen LogP contribution < -0.4 is 0 Å². The number of hydrogen-bond donors (Lipinski definition) is 0. The van der Waals surface area contributed by atoms with E-state index in [2.05, 4.69) is 43.3 Å². The first-order valence-corrected chi connectivity index (χ1v) is 4.62. The third-order valence-electron chi connectivity index (χ3n) is 2.26. The fourth-order valence-corrected chi connectivity index (χ4v) is 1.58. The van der Waals surface area contributed by atoms with Gasteiger partial charge in [0.15, 0.2) is 0 Å². The van der Waals surface area contributed by atoms with Crippen molar-refractivity contribution in [3.63, 3.8) is 0 Å². The second-order valence-corrected chi connectivity index (χ2v) is 3.77. The van der Waals surface area contributed by atoms with E-state index in [-0.39, 0.29) is 0 Å². The molecule has 13 heavy (non-hydrogen) atoms. The quantitative estimate of drug-likeness (QED) is 0.653. The summed E-state index contributed by atoms with van der Waals surface area (Å²) in [6.45, 7) is 1.01. The first-order chi connectivity index (χ1) is 6.27. The molecule has 1 saturated heterocycles. The topological polar surface area (TPSA) is 15.8 Å². The first-order valence-electron chi connectivity index (χ1n) is 4.62. The molecule has 0 amide bonds. The van der Waals surface area contributed by atoms with Crippen LogP contribution in [-0.2, 0) is 4.74 Å². The summed E-state index contributed by atoms with van der Waals surface area (Å²) in [6.07, 6.45) is 0.737. The summed E-state index contributed by atoms with van der Waals surface area (Å²) in [5.74, 6) is 0. The summed E-state index contributed by atoms with van der Waals surface area (Å²) < 4.78 is 5.57. The molecule has 0 aliphatic carbocycles. The van der Waals surface area contributed by atoms with Crippen molar-refractivity contribution in [1.29, 1.82) is 0 Å². The van der Waals surface area contributed by atoms with Crippen LogP contribution in [0.15, 0.2) is 30.3 Å². The molecule has 0 radical (unpaired) electrons. The highest BCUT2D eigenvalue weighted by atomic mass is 16.6. The van der Waals surface area contributed by atoms with Crippen molar-refractivity contribution in [2.75, 3.05) is 20.6 Å². The van der Waals surface area contributed by atoms with E-state index >= 15 is 0 Å². The SMILES string of the molecule is CN(C)CC1OC1c1ccccc1. The van der Waals surface area contributed by atoms with Crippen LogP contribution in [0, 0.1) is 0 Å². The number of rotatable bonds is 3. The van der Waals surface area contributed by atoms with Gasteiger partial charge < -0.3 is 9.64 Å². The Morgan fingerprint density at radius 3 is 2.54 bits per heavy atom. The number of benzene rings is 1. The minimum absolute atomic E-state index is 0.337. The molecule has 0 spiro atoms. The van der Waals surface area contributed by atoms with Gasteiger partial charge in [0, 0.05) is 6.54 Å². The van der Waals surface area contributed by atoms with Gasteiger partial charge in [-0.2, -0.15) is 0 Å². The molecule has 0 aromatic heterocycles. The third kappa shape index (κ3) is 2.08. The van der Waals surface area contributed by atoms with E-state index in [0.717, 1.165) is 6.54 Å². The molecule has 2 nitrogen and oxygen atoms in total. The van der Waals surface area contributed by atoms with Gasteiger partial charge in [0.05, 0.1) is 0 Å². The largest absolute Gasteiger partial charge is 0.363 e. The standard InChI is InChI=1S/C11H15NO/c1-12(2)8-10-11(13-10)9-6-4-3-5-7-9/h3-7,10-11H,8H2,1-2H3. The Morgan fingerprint density at radius 1 is 1.23 bits per heavy atom. The van der Waals surface area contributed by atoms with Crippen LogP contribution in [0.4, 0.5) is 0 Å². The van der Waals surface area contributed by atoms with Crippen molar-refractivity contribution in [3.8, 4) is 0 Å². The minimum Gasteiger partial charge on any atom is -0.363 e. The Bertz CT molecular complexity index is 271. The highest BCUT2D eigenvalue weighted by molar-refractivity contribution is 5.22. The van der Waals surface area contributed by atoms with Crippen LogP contribution in [0.25, 0.3) is 0 Å². The Labute approximate surface area is 79.1 Å². The van der Waals surface area contributed by atoms with Crippen LogP contribution in [0.2, 0.25) is 0 Å². The molecule has 70 valence electrons. The Kier molecular flexibility index (Phi) is 2.34. The minimum atomic E-state index is 0.337. The molecule has 0 bridgehead atoms. The van der Waals surface area contributed by atoms with E-state index in [1.807, 2.05) is 6.07 Å². The van der Waals surface area contributed by atoms with Gasteiger partial charge in [0.1, 0.15) is 12.2 Å². The first kappa shape index (κ1) is 8.73. The van der Waals surface area contributed by atoms with Crippen molar-refractivity contribution in [2.24, 2.45) is 0 Å².